The van der Waals surface area contributed by atoms with Crippen LogP contribution in [0.5, 0.6) is 5.75 Å². The molecule has 19 heavy (non-hydrogen) atoms. The van der Waals surface area contributed by atoms with Gasteiger partial charge >= 0.3 is 6.03 Å². The van der Waals surface area contributed by atoms with Gasteiger partial charge in [0.2, 0.25) is 0 Å². The predicted octanol–water partition coefficient (Wildman–Crippen LogP) is 2.90. The molecule has 0 aliphatic heterocycles. The molecule has 4 heteroatoms. The molecule has 1 aromatic rings. The Hall–Kier alpha value is -1.71. The van der Waals surface area contributed by atoms with E-state index < -0.39 is 0 Å². The van der Waals surface area contributed by atoms with E-state index in [9.17, 15) is 4.79 Å². The minimum atomic E-state index is -0.138. The molecule has 0 aromatic heterocycles. The molecule has 0 atom stereocenters. The Morgan fingerprint density at radius 3 is 2.68 bits per heavy atom. The minimum Gasteiger partial charge on any atom is -0.492 e. The van der Waals surface area contributed by atoms with Crippen LogP contribution in [0.2, 0.25) is 0 Å². The fourth-order valence-corrected chi connectivity index (χ4v) is 1.60. The van der Waals surface area contributed by atoms with E-state index in [2.05, 4.69) is 30.5 Å². The van der Waals surface area contributed by atoms with Crippen molar-refractivity contribution in [3.8, 4) is 5.75 Å². The standard InChI is InChI=1S/C15H24N2O2/c1-4-8-16-15(18)17-9-10-19-14-7-5-6-13(11-14)12(2)3/h5-7,11-12H,4,8-10H2,1-3H3,(H2,16,17,18). The Morgan fingerprint density at radius 1 is 1.26 bits per heavy atom. The molecular weight excluding hydrogens is 240 g/mol. The molecular formula is C15H24N2O2. The Balaban J connectivity index is 2.26. The van der Waals surface area contributed by atoms with Gasteiger partial charge in [-0.05, 0) is 30.0 Å². The van der Waals surface area contributed by atoms with Crippen LogP contribution in [0.4, 0.5) is 4.79 Å². The number of carbonyl (C=O) groups excluding carboxylic acids is 1. The van der Waals surface area contributed by atoms with Crippen LogP contribution >= 0.6 is 0 Å². The fraction of sp³-hybridized carbons (Fsp3) is 0.533. The molecule has 0 bridgehead atoms. The van der Waals surface area contributed by atoms with Crippen LogP contribution in [0.15, 0.2) is 24.3 Å². The maximum Gasteiger partial charge on any atom is 0.314 e. The van der Waals surface area contributed by atoms with Gasteiger partial charge < -0.3 is 15.4 Å². The van der Waals surface area contributed by atoms with E-state index in [0.29, 0.717) is 25.6 Å². The first kappa shape index (κ1) is 15.3. The first-order chi connectivity index (χ1) is 9.13. The van der Waals surface area contributed by atoms with Crippen molar-refractivity contribution in [2.75, 3.05) is 19.7 Å². The number of urea groups is 1. The fourth-order valence-electron chi connectivity index (χ4n) is 1.60. The molecule has 1 rings (SSSR count). The van der Waals surface area contributed by atoms with Crippen LogP contribution in [0.1, 0.15) is 38.7 Å². The lowest BCUT2D eigenvalue weighted by Gasteiger charge is -2.11. The lowest BCUT2D eigenvalue weighted by atomic mass is 10.0. The van der Waals surface area contributed by atoms with Gasteiger partial charge in [0.15, 0.2) is 0 Å². The highest BCUT2D eigenvalue weighted by Gasteiger charge is 2.01. The van der Waals surface area contributed by atoms with Gasteiger partial charge in [-0.3, -0.25) is 0 Å². The van der Waals surface area contributed by atoms with Crippen LogP contribution in [-0.2, 0) is 0 Å². The van der Waals surface area contributed by atoms with Crippen molar-refractivity contribution >= 4 is 6.03 Å². The van der Waals surface area contributed by atoms with E-state index in [1.807, 2.05) is 25.1 Å². The quantitative estimate of drug-likeness (QED) is 0.744. The largest absolute Gasteiger partial charge is 0.492 e. The molecule has 0 spiro atoms. The number of ether oxygens (including phenoxy) is 1. The summed E-state index contributed by atoms with van der Waals surface area (Å²) in [5.41, 5.74) is 1.26. The number of hydrogen-bond acceptors (Lipinski definition) is 2. The smallest absolute Gasteiger partial charge is 0.314 e. The van der Waals surface area contributed by atoms with Gasteiger partial charge in [-0.15, -0.1) is 0 Å². The Kier molecular flexibility index (Phi) is 6.79. The molecule has 0 heterocycles. The van der Waals surface area contributed by atoms with Crippen molar-refractivity contribution in [1.82, 2.24) is 10.6 Å². The molecule has 0 unspecified atom stereocenters. The van der Waals surface area contributed by atoms with E-state index in [0.717, 1.165) is 12.2 Å². The zero-order chi connectivity index (χ0) is 14.1. The Bertz CT molecular complexity index is 391. The average Bonchev–Trinajstić information content (AvgIpc) is 2.41. The van der Waals surface area contributed by atoms with Crippen molar-refractivity contribution in [3.63, 3.8) is 0 Å². The first-order valence-corrected chi connectivity index (χ1v) is 6.88. The summed E-state index contributed by atoms with van der Waals surface area (Å²) >= 11 is 0. The monoisotopic (exact) mass is 264 g/mol. The lowest BCUT2D eigenvalue weighted by molar-refractivity contribution is 0.236. The number of benzene rings is 1. The molecule has 0 aliphatic rings. The topological polar surface area (TPSA) is 50.4 Å². The van der Waals surface area contributed by atoms with Gasteiger partial charge in [0.05, 0.1) is 6.54 Å². The number of rotatable bonds is 7. The summed E-state index contributed by atoms with van der Waals surface area (Å²) in [5.74, 6) is 1.34. The number of carbonyl (C=O) groups is 1. The molecule has 0 saturated carbocycles. The Morgan fingerprint density at radius 2 is 2.00 bits per heavy atom. The molecule has 2 amide bonds. The second-order valence-corrected chi connectivity index (χ2v) is 4.76. The lowest BCUT2D eigenvalue weighted by Crippen LogP contribution is -2.37. The number of amides is 2. The highest BCUT2D eigenvalue weighted by molar-refractivity contribution is 5.73. The summed E-state index contributed by atoms with van der Waals surface area (Å²) in [6.45, 7) is 7.99. The predicted molar refractivity (Wildman–Crippen MR) is 77.7 cm³/mol. The summed E-state index contributed by atoms with van der Waals surface area (Å²) in [4.78, 5) is 11.3. The van der Waals surface area contributed by atoms with Crippen molar-refractivity contribution < 1.29 is 9.53 Å². The zero-order valence-electron chi connectivity index (χ0n) is 12.0. The molecule has 0 fully saturated rings. The maximum absolute atomic E-state index is 11.3. The third-order valence-corrected chi connectivity index (χ3v) is 2.72. The maximum atomic E-state index is 11.3. The van der Waals surface area contributed by atoms with Crippen LogP contribution in [-0.4, -0.2) is 25.7 Å². The second-order valence-electron chi connectivity index (χ2n) is 4.76. The van der Waals surface area contributed by atoms with E-state index in [1.165, 1.54) is 5.56 Å². The van der Waals surface area contributed by atoms with Gasteiger partial charge in [0, 0.05) is 6.54 Å². The first-order valence-electron chi connectivity index (χ1n) is 6.88. The van der Waals surface area contributed by atoms with Crippen molar-refractivity contribution in [1.29, 1.82) is 0 Å². The zero-order valence-corrected chi connectivity index (χ0v) is 12.0. The number of hydrogen-bond donors (Lipinski definition) is 2. The summed E-state index contributed by atoms with van der Waals surface area (Å²) in [7, 11) is 0. The van der Waals surface area contributed by atoms with Crippen LogP contribution in [0.3, 0.4) is 0 Å². The highest BCUT2D eigenvalue weighted by Crippen LogP contribution is 2.19. The van der Waals surface area contributed by atoms with Crippen LogP contribution in [0.25, 0.3) is 0 Å². The van der Waals surface area contributed by atoms with E-state index in [4.69, 9.17) is 4.74 Å². The average molecular weight is 264 g/mol. The van der Waals surface area contributed by atoms with Crippen molar-refractivity contribution in [3.05, 3.63) is 29.8 Å². The van der Waals surface area contributed by atoms with E-state index in [-0.39, 0.29) is 6.03 Å². The van der Waals surface area contributed by atoms with Crippen LogP contribution < -0.4 is 15.4 Å². The van der Waals surface area contributed by atoms with Crippen LogP contribution in [0, 0.1) is 0 Å². The molecule has 4 nitrogen and oxygen atoms in total. The summed E-state index contributed by atoms with van der Waals surface area (Å²) in [5, 5.41) is 5.50. The molecule has 0 radical (unpaired) electrons. The second kappa shape index (κ2) is 8.40. The van der Waals surface area contributed by atoms with E-state index in [1.54, 1.807) is 0 Å². The number of nitrogens with one attached hydrogen (secondary N) is 2. The van der Waals surface area contributed by atoms with Gasteiger partial charge in [0.25, 0.3) is 0 Å². The third-order valence-electron chi connectivity index (χ3n) is 2.72. The third kappa shape index (κ3) is 6.13. The molecule has 0 aliphatic carbocycles. The normalized spacial score (nSPS) is 10.3. The van der Waals surface area contributed by atoms with Gasteiger partial charge in [-0.2, -0.15) is 0 Å². The van der Waals surface area contributed by atoms with Gasteiger partial charge in [0.1, 0.15) is 12.4 Å². The van der Waals surface area contributed by atoms with Gasteiger partial charge in [-0.25, -0.2) is 4.79 Å². The van der Waals surface area contributed by atoms with Crippen molar-refractivity contribution in [2.24, 2.45) is 0 Å². The molecule has 0 saturated heterocycles. The van der Waals surface area contributed by atoms with Crippen molar-refractivity contribution in [2.45, 2.75) is 33.1 Å². The minimum absolute atomic E-state index is 0.138. The Labute approximate surface area is 115 Å². The highest BCUT2D eigenvalue weighted by atomic mass is 16.5. The summed E-state index contributed by atoms with van der Waals surface area (Å²) < 4.78 is 5.61. The molecule has 2 N–H and O–H groups in total. The summed E-state index contributed by atoms with van der Waals surface area (Å²) in [6.07, 6.45) is 0.936. The molecule has 1 aromatic carbocycles. The summed E-state index contributed by atoms with van der Waals surface area (Å²) in [6, 6.07) is 7.92. The molecule has 106 valence electrons. The SMILES string of the molecule is CCCNC(=O)NCCOc1cccc(C(C)C)c1. The van der Waals surface area contributed by atoms with Gasteiger partial charge in [-0.1, -0.05) is 32.9 Å². The van der Waals surface area contributed by atoms with E-state index >= 15 is 0 Å².